The van der Waals surface area contributed by atoms with Crippen LogP contribution in [0.2, 0.25) is 0 Å². The Kier molecular flexibility index (Phi) is 3.31. The van der Waals surface area contributed by atoms with E-state index in [9.17, 15) is 0 Å². The molecular weight excluding hydrogens is 272 g/mol. The van der Waals surface area contributed by atoms with E-state index in [0.717, 1.165) is 16.8 Å². The second-order valence-electron chi connectivity index (χ2n) is 4.36. The number of hydrogen-bond donors (Lipinski definition) is 1. The molecule has 7 heteroatoms. The molecule has 0 aliphatic rings. The molecule has 21 heavy (non-hydrogen) atoms. The standard InChI is InChI=1S/C14H14N4O3/c1-8-12-13(15-7-16-14(12)21-18-8)17-10-6-9(19-2)4-5-11(10)20-3/h4-7H,1-3H3,(H,15,16,17). The average molecular weight is 286 g/mol. The van der Waals surface area contributed by atoms with Crippen LogP contribution in [0, 0.1) is 6.92 Å². The molecule has 108 valence electrons. The molecule has 1 aromatic carbocycles. The molecule has 0 bridgehead atoms. The second-order valence-corrected chi connectivity index (χ2v) is 4.36. The summed E-state index contributed by atoms with van der Waals surface area (Å²) in [4.78, 5) is 8.29. The van der Waals surface area contributed by atoms with Gasteiger partial charge in [0, 0.05) is 6.07 Å². The summed E-state index contributed by atoms with van der Waals surface area (Å²) in [5.41, 5.74) is 1.89. The lowest BCUT2D eigenvalue weighted by Gasteiger charge is -2.12. The van der Waals surface area contributed by atoms with Crippen molar-refractivity contribution in [1.29, 1.82) is 0 Å². The van der Waals surface area contributed by atoms with Crippen LogP contribution in [-0.4, -0.2) is 29.3 Å². The van der Waals surface area contributed by atoms with Gasteiger partial charge in [0.15, 0.2) is 0 Å². The number of nitrogens with zero attached hydrogens (tertiary/aromatic N) is 3. The number of ether oxygens (including phenoxy) is 2. The van der Waals surface area contributed by atoms with Crippen LogP contribution in [0.4, 0.5) is 11.5 Å². The zero-order chi connectivity index (χ0) is 14.8. The van der Waals surface area contributed by atoms with Crippen LogP contribution in [0.5, 0.6) is 11.5 Å². The molecular formula is C14H14N4O3. The highest BCUT2D eigenvalue weighted by molar-refractivity contribution is 5.90. The van der Waals surface area contributed by atoms with Gasteiger partial charge in [0.2, 0.25) is 0 Å². The molecule has 3 aromatic rings. The molecule has 0 amide bonds. The summed E-state index contributed by atoms with van der Waals surface area (Å²) >= 11 is 0. The van der Waals surface area contributed by atoms with Crippen molar-refractivity contribution in [3.05, 3.63) is 30.2 Å². The van der Waals surface area contributed by atoms with E-state index in [4.69, 9.17) is 14.0 Å². The number of aryl methyl sites for hydroxylation is 1. The fourth-order valence-electron chi connectivity index (χ4n) is 2.06. The summed E-state index contributed by atoms with van der Waals surface area (Å²) in [5, 5.41) is 7.85. The Balaban J connectivity index is 2.08. The topological polar surface area (TPSA) is 82.3 Å². The SMILES string of the molecule is COc1ccc(OC)c(Nc2ncnc3onc(C)c23)c1. The summed E-state index contributed by atoms with van der Waals surface area (Å²) in [6.07, 6.45) is 1.42. The van der Waals surface area contributed by atoms with Gasteiger partial charge in [-0.15, -0.1) is 0 Å². The molecule has 2 aromatic heterocycles. The van der Waals surface area contributed by atoms with Gasteiger partial charge in [-0.1, -0.05) is 5.16 Å². The molecule has 0 spiro atoms. The van der Waals surface area contributed by atoms with Gasteiger partial charge in [-0.05, 0) is 19.1 Å². The molecule has 0 aliphatic heterocycles. The molecule has 0 radical (unpaired) electrons. The van der Waals surface area contributed by atoms with E-state index in [0.29, 0.717) is 23.0 Å². The smallest absolute Gasteiger partial charge is 0.263 e. The van der Waals surface area contributed by atoms with E-state index in [1.54, 1.807) is 14.2 Å². The Hall–Kier alpha value is -2.83. The zero-order valence-electron chi connectivity index (χ0n) is 11.9. The van der Waals surface area contributed by atoms with Crippen molar-refractivity contribution in [2.45, 2.75) is 6.92 Å². The van der Waals surface area contributed by atoms with Crippen LogP contribution in [-0.2, 0) is 0 Å². The Morgan fingerprint density at radius 2 is 2.00 bits per heavy atom. The van der Waals surface area contributed by atoms with Gasteiger partial charge in [-0.25, -0.2) is 4.98 Å². The fraction of sp³-hybridized carbons (Fsp3) is 0.214. The minimum absolute atomic E-state index is 0.437. The van der Waals surface area contributed by atoms with E-state index in [-0.39, 0.29) is 0 Å². The number of methoxy groups -OCH3 is 2. The summed E-state index contributed by atoms with van der Waals surface area (Å²) in [6, 6.07) is 5.47. The highest BCUT2D eigenvalue weighted by Gasteiger charge is 2.14. The number of rotatable bonds is 4. The van der Waals surface area contributed by atoms with Crippen LogP contribution in [0.15, 0.2) is 29.0 Å². The maximum Gasteiger partial charge on any atom is 0.263 e. The Labute approximate surface area is 120 Å². The average Bonchev–Trinajstić information content (AvgIpc) is 2.90. The Bertz CT molecular complexity index is 785. The van der Waals surface area contributed by atoms with Crippen molar-refractivity contribution in [3.8, 4) is 11.5 Å². The monoisotopic (exact) mass is 286 g/mol. The molecule has 0 unspecified atom stereocenters. The third kappa shape index (κ3) is 2.33. The Morgan fingerprint density at radius 1 is 1.14 bits per heavy atom. The predicted molar refractivity (Wildman–Crippen MR) is 77.2 cm³/mol. The molecule has 0 saturated heterocycles. The van der Waals surface area contributed by atoms with Crippen LogP contribution >= 0.6 is 0 Å². The van der Waals surface area contributed by atoms with Crippen molar-refractivity contribution in [3.63, 3.8) is 0 Å². The van der Waals surface area contributed by atoms with Crippen LogP contribution < -0.4 is 14.8 Å². The van der Waals surface area contributed by atoms with Crippen molar-refractivity contribution >= 4 is 22.6 Å². The third-order valence-corrected chi connectivity index (χ3v) is 3.10. The number of aromatic nitrogens is 3. The highest BCUT2D eigenvalue weighted by Crippen LogP contribution is 2.33. The molecule has 3 rings (SSSR count). The number of nitrogens with one attached hydrogen (secondary N) is 1. The zero-order valence-corrected chi connectivity index (χ0v) is 11.9. The van der Waals surface area contributed by atoms with Crippen molar-refractivity contribution < 1.29 is 14.0 Å². The molecule has 0 atom stereocenters. The normalized spacial score (nSPS) is 10.6. The molecule has 0 fully saturated rings. The van der Waals surface area contributed by atoms with Gasteiger partial charge >= 0.3 is 0 Å². The summed E-state index contributed by atoms with van der Waals surface area (Å²) in [5.74, 6) is 1.99. The van der Waals surface area contributed by atoms with Gasteiger partial charge in [0.25, 0.3) is 5.71 Å². The molecule has 0 saturated carbocycles. The second kappa shape index (κ2) is 5.28. The predicted octanol–water partition coefficient (Wildman–Crippen LogP) is 2.69. The number of hydrogen-bond acceptors (Lipinski definition) is 7. The summed E-state index contributed by atoms with van der Waals surface area (Å²) in [6.45, 7) is 1.84. The van der Waals surface area contributed by atoms with E-state index >= 15 is 0 Å². The minimum Gasteiger partial charge on any atom is -0.497 e. The van der Waals surface area contributed by atoms with Crippen molar-refractivity contribution in [2.24, 2.45) is 0 Å². The maximum absolute atomic E-state index is 5.34. The highest BCUT2D eigenvalue weighted by atomic mass is 16.5. The van der Waals surface area contributed by atoms with E-state index in [1.807, 2.05) is 25.1 Å². The molecule has 2 heterocycles. The van der Waals surface area contributed by atoms with E-state index in [1.165, 1.54) is 6.33 Å². The largest absolute Gasteiger partial charge is 0.497 e. The molecule has 1 N–H and O–H groups in total. The molecule has 0 aliphatic carbocycles. The number of benzene rings is 1. The third-order valence-electron chi connectivity index (χ3n) is 3.10. The first-order valence-corrected chi connectivity index (χ1v) is 6.29. The van der Waals surface area contributed by atoms with E-state index in [2.05, 4.69) is 20.4 Å². The quantitative estimate of drug-likeness (QED) is 0.789. The summed E-state index contributed by atoms with van der Waals surface area (Å²) in [7, 11) is 3.21. The van der Waals surface area contributed by atoms with Crippen LogP contribution in [0.25, 0.3) is 11.1 Å². The van der Waals surface area contributed by atoms with Gasteiger partial charge in [0.1, 0.15) is 29.0 Å². The fourth-order valence-corrected chi connectivity index (χ4v) is 2.06. The van der Waals surface area contributed by atoms with Crippen LogP contribution in [0.1, 0.15) is 5.69 Å². The summed E-state index contributed by atoms with van der Waals surface area (Å²) < 4.78 is 15.7. The van der Waals surface area contributed by atoms with Crippen molar-refractivity contribution in [1.82, 2.24) is 15.1 Å². The first kappa shape index (κ1) is 13.2. The lowest BCUT2D eigenvalue weighted by atomic mass is 10.2. The van der Waals surface area contributed by atoms with Crippen molar-refractivity contribution in [2.75, 3.05) is 19.5 Å². The Morgan fingerprint density at radius 3 is 2.76 bits per heavy atom. The van der Waals surface area contributed by atoms with Gasteiger partial charge in [-0.3, -0.25) is 0 Å². The molecule has 7 nitrogen and oxygen atoms in total. The first-order chi connectivity index (χ1) is 10.2. The van der Waals surface area contributed by atoms with Gasteiger partial charge in [0.05, 0.1) is 25.6 Å². The first-order valence-electron chi connectivity index (χ1n) is 6.29. The lowest BCUT2D eigenvalue weighted by Crippen LogP contribution is -1.99. The van der Waals surface area contributed by atoms with E-state index < -0.39 is 0 Å². The van der Waals surface area contributed by atoms with Gasteiger partial charge < -0.3 is 19.3 Å². The van der Waals surface area contributed by atoms with Crippen LogP contribution in [0.3, 0.4) is 0 Å². The van der Waals surface area contributed by atoms with Gasteiger partial charge in [-0.2, -0.15) is 4.98 Å². The number of anilines is 2. The minimum atomic E-state index is 0.437. The number of fused-ring (bicyclic) bond motifs is 1. The maximum atomic E-state index is 5.34. The lowest BCUT2D eigenvalue weighted by molar-refractivity contribution is 0.405.